The average molecular weight is 196 g/mol. The van der Waals surface area contributed by atoms with Crippen molar-refractivity contribution < 1.29 is 14.6 Å². The van der Waals surface area contributed by atoms with Gasteiger partial charge >= 0.3 is 0 Å². The van der Waals surface area contributed by atoms with Crippen molar-refractivity contribution in [1.29, 1.82) is 0 Å². The van der Waals surface area contributed by atoms with Gasteiger partial charge in [0.2, 0.25) is 5.78 Å². The summed E-state index contributed by atoms with van der Waals surface area (Å²) in [7, 11) is 0. The molecule has 0 aromatic carbocycles. The zero-order valence-electron chi connectivity index (χ0n) is 8.83. The minimum Gasteiger partial charge on any atom is -0.484 e. The molecule has 0 aromatic rings. The molecule has 78 valence electrons. The molecule has 0 amide bonds. The van der Waals surface area contributed by atoms with Gasteiger partial charge in [0.15, 0.2) is 5.60 Å². The lowest BCUT2D eigenvalue weighted by Gasteiger charge is -2.18. The Bertz CT molecular complexity index is 298. The van der Waals surface area contributed by atoms with E-state index in [0.717, 1.165) is 5.57 Å². The first kappa shape index (κ1) is 11.0. The summed E-state index contributed by atoms with van der Waals surface area (Å²) >= 11 is 0. The Hall–Kier alpha value is -1.09. The topological polar surface area (TPSA) is 46.5 Å². The zero-order valence-corrected chi connectivity index (χ0v) is 8.83. The molecule has 14 heavy (non-hydrogen) atoms. The van der Waals surface area contributed by atoms with Crippen LogP contribution >= 0.6 is 0 Å². The van der Waals surface area contributed by atoms with Crippen LogP contribution in [0.2, 0.25) is 0 Å². The maximum atomic E-state index is 11.4. The molecule has 1 N–H and O–H groups in total. The minimum absolute atomic E-state index is 0.00398. The van der Waals surface area contributed by atoms with Gasteiger partial charge in [-0.2, -0.15) is 0 Å². The van der Waals surface area contributed by atoms with E-state index in [4.69, 9.17) is 9.84 Å². The first-order valence-corrected chi connectivity index (χ1v) is 4.66. The van der Waals surface area contributed by atoms with Gasteiger partial charge in [-0.25, -0.2) is 0 Å². The predicted octanol–water partition coefficient (Wildman–Crippen LogP) is 1.58. The molecule has 0 aliphatic carbocycles. The third kappa shape index (κ3) is 2.45. The number of ketones is 1. The Labute approximate surface area is 84.1 Å². The summed E-state index contributed by atoms with van der Waals surface area (Å²) < 4.78 is 5.47. The number of aliphatic hydroxyl groups excluding tert-OH is 1. The van der Waals surface area contributed by atoms with Crippen LogP contribution in [-0.4, -0.2) is 23.1 Å². The molecular formula is C11H16O3. The van der Waals surface area contributed by atoms with E-state index in [9.17, 15) is 4.79 Å². The van der Waals surface area contributed by atoms with Crippen molar-refractivity contribution in [2.45, 2.75) is 32.8 Å². The van der Waals surface area contributed by atoms with Crippen molar-refractivity contribution in [2.24, 2.45) is 0 Å². The van der Waals surface area contributed by atoms with E-state index in [-0.39, 0.29) is 12.4 Å². The molecule has 0 aromatic heterocycles. The van der Waals surface area contributed by atoms with Gasteiger partial charge in [-0.05, 0) is 20.8 Å². The van der Waals surface area contributed by atoms with Crippen molar-refractivity contribution in [3.63, 3.8) is 0 Å². The smallest absolute Gasteiger partial charge is 0.201 e. The van der Waals surface area contributed by atoms with Gasteiger partial charge in [0.1, 0.15) is 5.76 Å². The predicted molar refractivity (Wildman–Crippen MR) is 53.7 cm³/mol. The maximum Gasteiger partial charge on any atom is 0.201 e. The molecule has 1 heterocycles. The SMILES string of the molecule is C/C(=C\CO)CC1=CC(=O)C(C)(C)O1. The van der Waals surface area contributed by atoms with Crippen molar-refractivity contribution in [1.82, 2.24) is 0 Å². The molecule has 3 nitrogen and oxygen atoms in total. The van der Waals surface area contributed by atoms with Crippen LogP contribution in [0.5, 0.6) is 0 Å². The largest absolute Gasteiger partial charge is 0.484 e. The summed E-state index contributed by atoms with van der Waals surface area (Å²) in [5.41, 5.74) is 0.290. The van der Waals surface area contributed by atoms with Gasteiger partial charge in [-0.1, -0.05) is 11.6 Å². The molecular weight excluding hydrogens is 180 g/mol. The lowest BCUT2D eigenvalue weighted by molar-refractivity contribution is -0.127. The lowest BCUT2D eigenvalue weighted by Crippen LogP contribution is -2.27. The monoisotopic (exact) mass is 196 g/mol. The average Bonchev–Trinajstić information content (AvgIpc) is 2.25. The molecule has 0 saturated heterocycles. The highest BCUT2D eigenvalue weighted by Gasteiger charge is 2.34. The molecule has 0 radical (unpaired) electrons. The number of rotatable bonds is 3. The Balaban J connectivity index is 2.62. The standard InChI is InChI=1S/C11H16O3/c1-8(4-5-12)6-9-7-10(13)11(2,3)14-9/h4,7,12H,5-6H2,1-3H3/b8-4+. The van der Waals surface area contributed by atoms with Gasteiger partial charge in [0.05, 0.1) is 6.61 Å². The molecule has 0 fully saturated rings. The van der Waals surface area contributed by atoms with Gasteiger partial charge in [0.25, 0.3) is 0 Å². The van der Waals surface area contributed by atoms with Gasteiger partial charge in [0, 0.05) is 12.5 Å². The van der Waals surface area contributed by atoms with E-state index in [1.54, 1.807) is 19.9 Å². The fourth-order valence-electron chi connectivity index (χ4n) is 1.32. The summed E-state index contributed by atoms with van der Waals surface area (Å²) in [4.78, 5) is 11.4. The summed E-state index contributed by atoms with van der Waals surface area (Å²) in [5.74, 6) is 0.687. The van der Waals surface area contributed by atoms with Crippen LogP contribution in [0.15, 0.2) is 23.5 Å². The van der Waals surface area contributed by atoms with Crippen LogP contribution in [0.25, 0.3) is 0 Å². The first-order valence-electron chi connectivity index (χ1n) is 4.66. The quantitative estimate of drug-likeness (QED) is 0.697. The maximum absolute atomic E-state index is 11.4. The second kappa shape index (κ2) is 3.96. The van der Waals surface area contributed by atoms with Gasteiger partial charge in [-0.3, -0.25) is 4.79 Å². The molecule has 1 aliphatic heterocycles. The molecule has 1 rings (SSSR count). The van der Waals surface area contributed by atoms with E-state index in [0.29, 0.717) is 12.2 Å². The lowest BCUT2D eigenvalue weighted by atomic mass is 10.1. The van der Waals surface area contributed by atoms with Crippen LogP contribution < -0.4 is 0 Å². The van der Waals surface area contributed by atoms with Gasteiger partial charge < -0.3 is 9.84 Å². The Morgan fingerprint density at radius 2 is 2.29 bits per heavy atom. The fourth-order valence-corrected chi connectivity index (χ4v) is 1.32. The molecule has 0 unspecified atom stereocenters. The van der Waals surface area contributed by atoms with Crippen molar-refractivity contribution >= 4 is 5.78 Å². The van der Waals surface area contributed by atoms with E-state index < -0.39 is 5.60 Å². The van der Waals surface area contributed by atoms with Crippen LogP contribution in [0, 0.1) is 0 Å². The number of aliphatic hydroxyl groups is 1. The van der Waals surface area contributed by atoms with E-state index >= 15 is 0 Å². The molecule has 0 saturated carbocycles. The zero-order chi connectivity index (χ0) is 10.8. The Kier molecular flexibility index (Phi) is 3.11. The van der Waals surface area contributed by atoms with E-state index in [1.807, 2.05) is 6.92 Å². The molecule has 3 heteroatoms. The van der Waals surface area contributed by atoms with E-state index in [1.165, 1.54) is 6.08 Å². The molecule has 0 bridgehead atoms. The minimum atomic E-state index is -0.713. The number of carbonyl (C=O) groups is 1. The highest BCUT2D eigenvalue weighted by atomic mass is 16.5. The highest BCUT2D eigenvalue weighted by molar-refractivity contribution is 5.98. The summed E-state index contributed by atoms with van der Waals surface area (Å²) in [6.45, 7) is 5.43. The van der Waals surface area contributed by atoms with Crippen LogP contribution in [-0.2, 0) is 9.53 Å². The Morgan fingerprint density at radius 1 is 1.64 bits per heavy atom. The first-order chi connectivity index (χ1) is 6.45. The Morgan fingerprint density at radius 3 is 2.71 bits per heavy atom. The number of carbonyl (C=O) groups excluding carboxylic acids is 1. The summed E-state index contributed by atoms with van der Waals surface area (Å²) in [6, 6.07) is 0. The normalized spacial score (nSPS) is 20.7. The molecule has 0 spiro atoms. The number of hydrogen-bond donors (Lipinski definition) is 1. The van der Waals surface area contributed by atoms with Crippen LogP contribution in [0.3, 0.4) is 0 Å². The van der Waals surface area contributed by atoms with Crippen LogP contribution in [0.1, 0.15) is 27.2 Å². The molecule has 0 atom stereocenters. The number of hydrogen-bond acceptors (Lipinski definition) is 3. The van der Waals surface area contributed by atoms with Crippen molar-refractivity contribution in [3.05, 3.63) is 23.5 Å². The van der Waals surface area contributed by atoms with Crippen molar-refractivity contribution in [2.75, 3.05) is 6.61 Å². The van der Waals surface area contributed by atoms with Crippen LogP contribution in [0.4, 0.5) is 0 Å². The summed E-state index contributed by atoms with van der Waals surface area (Å²) in [6.07, 6.45) is 3.84. The summed E-state index contributed by atoms with van der Waals surface area (Å²) in [5, 5.41) is 8.66. The van der Waals surface area contributed by atoms with Gasteiger partial charge in [-0.15, -0.1) is 0 Å². The van der Waals surface area contributed by atoms with E-state index in [2.05, 4.69) is 0 Å². The van der Waals surface area contributed by atoms with Crippen molar-refractivity contribution in [3.8, 4) is 0 Å². The fraction of sp³-hybridized carbons (Fsp3) is 0.545. The molecule has 1 aliphatic rings. The highest BCUT2D eigenvalue weighted by Crippen LogP contribution is 2.27. The second-order valence-electron chi connectivity index (χ2n) is 4.00. The third-order valence-electron chi connectivity index (χ3n) is 2.16. The number of allylic oxidation sites excluding steroid dienone is 1. The number of ether oxygens (including phenoxy) is 1. The third-order valence-corrected chi connectivity index (χ3v) is 2.16. The second-order valence-corrected chi connectivity index (χ2v) is 4.00.